The Morgan fingerprint density at radius 3 is 2.74 bits per heavy atom. The van der Waals surface area contributed by atoms with Crippen LogP contribution in [0.25, 0.3) is 16.8 Å². The molecule has 2 aromatic carbocycles. The van der Waals surface area contributed by atoms with E-state index in [4.69, 9.17) is 9.15 Å². The Hall–Kier alpha value is -3.25. The second-order valence-electron chi connectivity index (χ2n) is 5.76. The third-order valence-electron chi connectivity index (χ3n) is 4.09. The number of ether oxygens (including phenoxy) is 1. The Bertz CT molecular complexity index is 1100. The maximum Gasteiger partial charge on any atom is 0.344 e. The number of hydrogen-bond acceptors (Lipinski definition) is 6. The van der Waals surface area contributed by atoms with Crippen LogP contribution in [0.4, 0.5) is 5.69 Å². The second kappa shape index (κ2) is 7.17. The number of aliphatic hydroxyl groups excluding tert-OH is 1. The molecule has 0 radical (unpaired) electrons. The van der Waals surface area contributed by atoms with Crippen molar-refractivity contribution >= 4 is 45.3 Å². The molecule has 1 N–H and O–H groups in total. The summed E-state index contributed by atoms with van der Waals surface area (Å²) in [7, 11) is 1.27. The van der Waals surface area contributed by atoms with Crippen LogP contribution in [0.15, 0.2) is 86.5 Å². The SMILES string of the molecule is COC(=O)C1=C(O)C(=Cc2ccco2)SC1=Nc1cccc2ccccc12. The van der Waals surface area contributed by atoms with E-state index >= 15 is 0 Å². The lowest BCUT2D eigenvalue weighted by Crippen LogP contribution is -2.10. The van der Waals surface area contributed by atoms with E-state index in [1.807, 2.05) is 42.5 Å². The first-order valence-corrected chi connectivity index (χ1v) is 9.01. The topological polar surface area (TPSA) is 72.0 Å². The fourth-order valence-electron chi connectivity index (χ4n) is 2.81. The maximum atomic E-state index is 12.3. The number of aliphatic hydroxyl groups is 1. The molecule has 1 aliphatic heterocycles. The Labute approximate surface area is 159 Å². The van der Waals surface area contributed by atoms with Gasteiger partial charge in [-0.2, -0.15) is 0 Å². The molecule has 27 heavy (non-hydrogen) atoms. The average Bonchev–Trinajstić information content (AvgIpc) is 3.30. The lowest BCUT2D eigenvalue weighted by atomic mass is 10.1. The summed E-state index contributed by atoms with van der Waals surface area (Å²) in [5.41, 5.74) is 0.761. The molecule has 6 heteroatoms. The third kappa shape index (κ3) is 3.27. The number of esters is 1. The number of furan rings is 1. The van der Waals surface area contributed by atoms with Crippen molar-refractivity contribution in [2.75, 3.05) is 7.11 Å². The molecule has 3 aromatic rings. The lowest BCUT2D eigenvalue weighted by Gasteiger charge is -2.04. The van der Waals surface area contributed by atoms with Crippen LogP contribution in [-0.2, 0) is 9.53 Å². The van der Waals surface area contributed by atoms with Crippen LogP contribution >= 0.6 is 11.8 Å². The number of hydrogen-bond donors (Lipinski definition) is 1. The molecule has 0 bridgehead atoms. The smallest absolute Gasteiger partial charge is 0.344 e. The van der Waals surface area contributed by atoms with Gasteiger partial charge in [0.1, 0.15) is 22.1 Å². The van der Waals surface area contributed by atoms with Crippen LogP contribution in [0.3, 0.4) is 0 Å². The van der Waals surface area contributed by atoms with Gasteiger partial charge in [-0.1, -0.05) is 48.2 Å². The van der Waals surface area contributed by atoms with Crippen molar-refractivity contribution < 1.29 is 19.1 Å². The van der Waals surface area contributed by atoms with E-state index in [0.29, 0.717) is 21.4 Å². The molecule has 0 aliphatic carbocycles. The number of carbonyl (C=O) groups is 1. The molecular formula is C21H15NO4S. The van der Waals surface area contributed by atoms with Crippen molar-refractivity contribution in [2.24, 2.45) is 4.99 Å². The Morgan fingerprint density at radius 2 is 1.96 bits per heavy atom. The molecule has 0 amide bonds. The fraction of sp³-hybridized carbons (Fsp3) is 0.0476. The highest BCUT2D eigenvalue weighted by Crippen LogP contribution is 2.41. The van der Waals surface area contributed by atoms with Crippen molar-refractivity contribution in [1.29, 1.82) is 0 Å². The fourth-order valence-corrected chi connectivity index (χ4v) is 3.82. The number of aliphatic imine (C=N–C) groups is 1. The largest absolute Gasteiger partial charge is 0.506 e. The number of fused-ring (bicyclic) bond motifs is 1. The first kappa shape index (κ1) is 17.2. The minimum atomic E-state index is -0.637. The highest BCUT2D eigenvalue weighted by atomic mass is 32.2. The lowest BCUT2D eigenvalue weighted by molar-refractivity contribution is -0.135. The predicted octanol–water partition coefficient (Wildman–Crippen LogP) is 5.24. The van der Waals surface area contributed by atoms with Gasteiger partial charge in [0.05, 0.1) is 24.0 Å². The van der Waals surface area contributed by atoms with Crippen molar-refractivity contribution in [3.8, 4) is 0 Å². The molecular weight excluding hydrogens is 362 g/mol. The molecule has 0 saturated carbocycles. The van der Waals surface area contributed by atoms with E-state index in [9.17, 15) is 9.90 Å². The monoisotopic (exact) mass is 377 g/mol. The van der Waals surface area contributed by atoms with Crippen molar-refractivity contribution in [1.82, 2.24) is 0 Å². The second-order valence-corrected chi connectivity index (χ2v) is 6.79. The molecule has 134 valence electrons. The van der Waals surface area contributed by atoms with Gasteiger partial charge in [0.25, 0.3) is 0 Å². The molecule has 0 saturated heterocycles. The number of carbonyl (C=O) groups excluding carboxylic acids is 1. The number of thioether (sulfide) groups is 1. The van der Waals surface area contributed by atoms with Crippen LogP contribution in [0.1, 0.15) is 5.76 Å². The molecule has 0 atom stereocenters. The van der Waals surface area contributed by atoms with Gasteiger partial charge >= 0.3 is 5.97 Å². The number of benzene rings is 2. The first-order chi connectivity index (χ1) is 13.2. The quantitative estimate of drug-likeness (QED) is 0.632. The van der Waals surface area contributed by atoms with Crippen LogP contribution in [0.2, 0.25) is 0 Å². The van der Waals surface area contributed by atoms with E-state index < -0.39 is 5.97 Å². The van der Waals surface area contributed by atoms with Gasteiger partial charge < -0.3 is 14.3 Å². The van der Waals surface area contributed by atoms with E-state index in [1.165, 1.54) is 18.9 Å². The van der Waals surface area contributed by atoms with Gasteiger partial charge in [0.15, 0.2) is 0 Å². The zero-order chi connectivity index (χ0) is 18.8. The number of nitrogens with zero attached hydrogens (tertiary/aromatic N) is 1. The average molecular weight is 377 g/mol. The Kier molecular flexibility index (Phi) is 4.56. The first-order valence-electron chi connectivity index (χ1n) is 8.19. The molecule has 0 unspecified atom stereocenters. The molecule has 4 rings (SSSR count). The molecule has 1 aliphatic rings. The summed E-state index contributed by atoms with van der Waals surface area (Å²) in [4.78, 5) is 17.4. The van der Waals surface area contributed by atoms with E-state index in [0.717, 1.165) is 10.8 Å². The Balaban J connectivity index is 1.84. The van der Waals surface area contributed by atoms with E-state index in [-0.39, 0.29) is 11.3 Å². The summed E-state index contributed by atoms with van der Waals surface area (Å²) in [6, 6.07) is 17.1. The van der Waals surface area contributed by atoms with Gasteiger partial charge in [-0.25, -0.2) is 9.79 Å². The van der Waals surface area contributed by atoms with Gasteiger partial charge in [-0.15, -0.1) is 0 Å². The van der Waals surface area contributed by atoms with Crippen LogP contribution in [0.5, 0.6) is 0 Å². The van der Waals surface area contributed by atoms with Crippen molar-refractivity contribution in [3.05, 3.63) is 82.9 Å². The van der Waals surface area contributed by atoms with Crippen LogP contribution < -0.4 is 0 Å². The summed E-state index contributed by atoms with van der Waals surface area (Å²) in [6.07, 6.45) is 3.20. The molecule has 1 aromatic heterocycles. The van der Waals surface area contributed by atoms with Gasteiger partial charge in [-0.05, 0) is 29.7 Å². The van der Waals surface area contributed by atoms with Gasteiger partial charge in [0, 0.05) is 5.39 Å². The molecule has 0 fully saturated rings. The standard InChI is InChI=1S/C21H15NO4S/c1-25-21(24)18-19(23)17(12-14-8-5-11-26-14)27-20(18)22-16-10-4-7-13-6-2-3-9-15(13)16/h2-12,23H,1H3. The van der Waals surface area contributed by atoms with Crippen LogP contribution in [-0.4, -0.2) is 23.2 Å². The summed E-state index contributed by atoms with van der Waals surface area (Å²) >= 11 is 1.20. The molecule has 2 heterocycles. The highest BCUT2D eigenvalue weighted by molar-refractivity contribution is 8.18. The van der Waals surface area contributed by atoms with Gasteiger partial charge in [0.2, 0.25) is 0 Å². The zero-order valence-electron chi connectivity index (χ0n) is 14.4. The van der Waals surface area contributed by atoms with Crippen LogP contribution in [0, 0.1) is 0 Å². The molecule has 5 nitrogen and oxygen atoms in total. The molecule has 0 spiro atoms. The summed E-state index contributed by atoms with van der Waals surface area (Å²) in [5.74, 6) is -0.233. The minimum Gasteiger partial charge on any atom is -0.506 e. The number of rotatable bonds is 3. The summed E-state index contributed by atoms with van der Waals surface area (Å²) < 4.78 is 10.1. The minimum absolute atomic E-state index is 0.0493. The highest BCUT2D eigenvalue weighted by Gasteiger charge is 2.33. The summed E-state index contributed by atoms with van der Waals surface area (Å²) in [6.45, 7) is 0. The maximum absolute atomic E-state index is 12.3. The van der Waals surface area contributed by atoms with Gasteiger partial charge in [-0.3, -0.25) is 0 Å². The summed E-state index contributed by atoms with van der Waals surface area (Å²) in [5, 5.41) is 13.0. The van der Waals surface area contributed by atoms with E-state index in [1.54, 1.807) is 24.5 Å². The third-order valence-corrected chi connectivity index (χ3v) is 5.11. The van der Waals surface area contributed by atoms with Crippen molar-refractivity contribution in [3.63, 3.8) is 0 Å². The van der Waals surface area contributed by atoms with E-state index in [2.05, 4.69) is 4.99 Å². The van der Waals surface area contributed by atoms with Crippen molar-refractivity contribution in [2.45, 2.75) is 0 Å². The zero-order valence-corrected chi connectivity index (χ0v) is 15.2. The predicted molar refractivity (Wildman–Crippen MR) is 107 cm³/mol. The Morgan fingerprint density at radius 1 is 1.15 bits per heavy atom. The number of methoxy groups -OCH3 is 1. The normalized spacial score (nSPS) is 17.2.